The summed E-state index contributed by atoms with van der Waals surface area (Å²) in [6.07, 6.45) is 7.00. The fourth-order valence-corrected chi connectivity index (χ4v) is 0.864. The van der Waals surface area contributed by atoms with E-state index in [1.54, 1.807) is 0 Å². The van der Waals surface area contributed by atoms with Gasteiger partial charge in [0.05, 0.1) is 19.4 Å². The van der Waals surface area contributed by atoms with E-state index in [4.69, 9.17) is 4.74 Å². The number of methoxy groups -OCH3 is 1. The van der Waals surface area contributed by atoms with Gasteiger partial charge in [0.2, 0.25) is 0 Å². The fourth-order valence-electron chi connectivity index (χ4n) is 0.864. The van der Waals surface area contributed by atoms with Gasteiger partial charge < -0.3 is 9.47 Å². The van der Waals surface area contributed by atoms with Crippen LogP contribution in [0.1, 0.15) is 32.6 Å². The molecule has 0 aromatic heterocycles. The minimum atomic E-state index is -0.425. The Bertz CT molecular complexity index is 245. The molecule has 3 heteroatoms. The van der Waals surface area contributed by atoms with Gasteiger partial charge in [0.15, 0.2) is 0 Å². The van der Waals surface area contributed by atoms with Crippen molar-refractivity contribution in [2.45, 2.75) is 32.6 Å². The lowest BCUT2D eigenvalue weighted by Crippen LogP contribution is -1.94. The molecule has 0 radical (unpaired) electrons. The molecule has 0 aliphatic heterocycles. The maximum absolute atomic E-state index is 10.6. The van der Waals surface area contributed by atoms with Gasteiger partial charge in [0, 0.05) is 6.42 Å². The van der Waals surface area contributed by atoms with Crippen LogP contribution in [0.15, 0.2) is 12.3 Å². The number of rotatable bonds is 6. The SMILES string of the molecule is CCCCCC#CCO/C=C/C(=O)OC. The highest BCUT2D eigenvalue weighted by Crippen LogP contribution is 1.96. The van der Waals surface area contributed by atoms with Crippen molar-refractivity contribution in [3.05, 3.63) is 12.3 Å². The number of carbonyl (C=O) groups is 1. The zero-order valence-electron chi connectivity index (χ0n) is 9.41. The standard InChI is InChI=1S/C12H18O3/c1-3-4-5-6-7-8-10-15-11-9-12(13)14-2/h9,11H,3-6,10H2,1-2H3/b11-9+. The third-order valence-corrected chi connectivity index (χ3v) is 1.69. The van der Waals surface area contributed by atoms with Crippen LogP contribution in [-0.4, -0.2) is 19.7 Å². The highest BCUT2D eigenvalue weighted by molar-refractivity contribution is 5.81. The Labute approximate surface area is 91.5 Å². The Morgan fingerprint density at radius 2 is 2.13 bits per heavy atom. The molecule has 0 aliphatic carbocycles. The largest absolute Gasteiger partial charge is 0.488 e. The first-order valence-electron chi connectivity index (χ1n) is 5.13. The zero-order valence-corrected chi connectivity index (χ0v) is 9.41. The van der Waals surface area contributed by atoms with Gasteiger partial charge in [-0.3, -0.25) is 0 Å². The second-order valence-electron chi connectivity index (χ2n) is 2.95. The third kappa shape index (κ3) is 10.5. The van der Waals surface area contributed by atoms with Crippen LogP contribution in [0.3, 0.4) is 0 Å². The quantitative estimate of drug-likeness (QED) is 0.222. The van der Waals surface area contributed by atoms with Crippen molar-refractivity contribution in [1.82, 2.24) is 0 Å². The van der Waals surface area contributed by atoms with Crippen molar-refractivity contribution in [1.29, 1.82) is 0 Å². The van der Waals surface area contributed by atoms with Crippen LogP contribution in [0.4, 0.5) is 0 Å². The number of esters is 1. The monoisotopic (exact) mass is 210 g/mol. The van der Waals surface area contributed by atoms with Gasteiger partial charge in [-0.05, 0) is 6.42 Å². The molecule has 0 amide bonds. The molecule has 0 aromatic carbocycles. The molecule has 0 spiro atoms. The van der Waals surface area contributed by atoms with E-state index in [2.05, 4.69) is 23.5 Å². The van der Waals surface area contributed by atoms with Crippen molar-refractivity contribution >= 4 is 5.97 Å². The number of ether oxygens (including phenoxy) is 2. The van der Waals surface area contributed by atoms with Crippen molar-refractivity contribution in [3.63, 3.8) is 0 Å². The maximum atomic E-state index is 10.6. The van der Waals surface area contributed by atoms with Crippen LogP contribution in [0.5, 0.6) is 0 Å². The minimum Gasteiger partial charge on any atom is -0.488 e. The molecule has 0 saturated carbocycles. The minimum absolute atomic E-state index is 0.319. The van der Waals surface area contributed by atoms with Crippen LogP contribution >= 0.6 is 0 Å². The number of unbranched alkanes of at least 4 members (excludes halogenated alkanes) is 3. The van der Waals surface area contributed by atoms with Crippen molar-refractivity contribution in [2.24, 2.45) is 0 Å². The van der Waals surface area contributed by atoms with Gasteiger partial charge in [-0.25, -0.2) is 4.79 Å². The first kappa shape index (κ1) is 13.6. The average Bonchev–Trinajstić information content (AvgIpc) is 2.26. The van der Waals surface area contributed by atoms with E-state index < -0.39 is 5.97 Å². The summed E-state index contributed by atoms with van der Waals surface area (Å²) >= 11 is 0. The van der Waals surface area contributed by atoms with Crippen molar-refractivity contribution in [3.8, 4) is 11.8 Å². The summed E-state index contributed by atoms with van der Waals surface area (Å²) in [7, 11) is 1.32. The van der Waals surface area contributed by atoms with Gasteiger partial charge >= 0.3 is 5.97 Å². The number of carbonyl (C=O) groups excluding carboxylic acids is 1. The van der Waals surface area contributed by atoms with E-state index >= 15 is 0 Å². The van der Waals surface area contributed by atoms with Gasteiger partial charge in [0.25, 0.3) is 0 Å². The lowest BCUT2D eigenvalue weighted by Gasteiger charge is -1.92. The van der Waals surface area contributed by atoms with E-state index in [-0.39, 0.29) is 0 Å². The van der Waals surface area contributed by atoms with E-state index in [9.17, 15) is 4.79 Å². The first-order chi connectivity index (χ1) is 7.31. The maximum Gasteiger partial charge on any atom is 0.333 e. The van der Waals surface area contributed by atoms with E-state index in [0.717, 1.165) is 12.8 Å². The first-order valence-corrected chi connectivity index (χ1v) is 5.13. The Morgan fingerprint density at radius 1 is 1.33 bits per heavy atom. The summed E-state index contributed by atoms with van der Waals surface area (Å²) in [5.41, 5.74) is 0. The smallest absolute Gasteiger partial charge is 0.333 e. The molecule has 0 atom stereocenters. The van der Waals surface area contributed by atoms with Crippen LogP contribution < -0.4 is 0 Å². The summed E-state index contributed by atoms with van der Waals surface area (Å²) in [5, 5.41) is 0. The summed E-state index contributed by atoms with van der Waals surface area (Å²) in [6.45, 7) is 2.48. The molecular formula is C12H18O3. The van der Waals surface area contributed by atoms with Gasteiger partial charge in [-0.1, -0.05) is 31.6 Å². The Kier molecular flexibility index (Phi) is 9.63. The predicted molar refractivity (Wildman–Crippen MR) is 59.0 cm³/mol. The highest BCUT2D eigenvalue weighted by atomic mass is 16.5. The third-order valence-electron chi connectivity index (χ3n) is 1.69. The Balaban J connectivity index is 3.36. The molecule has 84 valence electrons. The van der Waals surface area contributed by atoms with Gasteiger partial charge in [-0.2, -0.15) is 0 Å². The lowest BCUT2D eigenvalue weighted by atomic mass is 10.2. The summed E-state index contributed by atoms with van der Waals surface area (Å²) < 4.78 is 9.34. The van der Waals surface area contributed by atoms with E-state index in [1.165, 1.54) is 32.3 Å². The Morgan fingerprint density at radius 3 is 2.80 bits per heavy atom. The van der Waals surface area contributed by atoms with Crippen LogP contribution in [0.25, 0.3) is 0 Å². The molecule has 0 unspecified atom stereocenters. The molecule has 0 rings (SSSR count). The summed E-state index contributed by atoms with van der Waals surface area (Å²) in [5.74, 6) is 5.43. The molecule has 0 aliphatic rings. The normalized spacial score (nSPS) is 9.47. The van der Waals surface area contributed by atoms with E-state index in [0.29, 0.717) is 6.61 Å². The van der Waals surface area contributed by atoms with Crippen molar-refractivity contribution in [2.75, 3.05) is 13.7 Å². The van der Waals surface area contributed by atoms with E-state index in [1.807, 2.05) is 0 Å². The second-order valence-corrected chi connectivity index (χ2v) is 2.95. The molecule has 3 nitrogen and oxygen atoms in total. The summed E-state index contributed by atoms with van der Waals surface area (Å²) in [4.78, 5) is 10.6. The highest BCUT2D eigenvalue weighted by Gasteiger charge is 1.88. The van der Waals surface area contributed by atoms with Crippen LogP contribution in [0, 0.1) is 11.8 Å². The zero-order chi connectivity index (χ0) is 11.4. The van der Waals surface area contributed by atoms with Crippen LogP contribution in [-0.2, 0) is 14.3 Å². The van der Waals surface area contributed by atoms with Gasteiger partial charge in [-0.15, -0.1) is 0 Å². The molecule has 0 saturated heterocycles. The lowest BCUT2D eigenvalue weighted by molar-refractivity contribution is -0.134. The molecule has 0 N–H and O–H groups in total. The predicted octanol–water partition coefficient (Wildman–Crippen LogP) is 2.27. The number of hydrogen-bond acceptors (Lipinski definition) is 3. The molecule has 0 fully saturated rings. The molecule has 0 bridgehead atoms. The topological polar surface area (TPSA) is 35.5 Å². The average molecular weight is 210 g/mol. The number of hydrogen-bond donors (Lipinski definition) is 0. The van der Waals surface area contributed by atoms with Crippen molar-refractivity contribution < 1.29 is 14.3 Å². The van der Waals surface area contributed by atoms with Gasteiger partial charge in [0.1, 0.15) is 6.61 Å². The fraction of sp³-hybridized carbons (Fsp3) is 0.583. The molecule has 0 aromatic rings. The molecular weight excluding hydrogens is 192 g/mol. The molecule has 15 heavy (non-hydrogen) atoms. The Hall–Kier alpha value is -1.43. The summed E-state index contributed by atoms with van der Waals surface area (Å²) in [6, 6.07) is 0. The molecule has 0 heterocycles. The second kappa shape index (κ2) is 10.6. The van der Waals surface area contributed by atoms with Crippen LogP contribution in [0.2, 0.25) is 0 Å².